The average Bonchev–Trinajstić information content (AvgIpc) is 3.44. The molecule has 8 nitrogen and oxygen atoms in total. The van der Waals surface area contributed by atoms with E-state index in [9.17, 15) is 18.0 Å². The molecule has 0 radical (unpaired) electrons. The van der Waals surface area contributed by atoms with Gasteiger partial charge in [0.25, 0.3) is 0 Å². The number of aromatic nitrogens is 4. The van der Waals surface area contributed by atoms with Gasteiger partial charge in [-0.3, -0.25) is 14.1 Å². The number of anilines is 2. The maximum atomic E-state index is 14.6. The van der Waals surface area contributed by atoms with Gasteiger partial charge in [-0.25, -0.2) is 28.1 Å². The number of halogens is 3. The molecular formula is C19H18F3N7O. The first kappa shape index (κ1) is 18.8. The van der Waals surface area contributed by atoms with Crippen LogP contribution in [0.25, 0.3) is 17.0 Å². The molecule has 0 spiro atoms. The van der Waals surface area contributed by atoms with E-state index in [1.807, 2.05) is 0 Å². The van der Waals surface area contributed by atoms with Crippen molar-refractivity contribution < 1.29 is 18.0 Å². The van der Waals surface area contributed by atoms with Gasteiger partial charge in [-0.05, 0) is 6.42 Å². The number of imidazole rings is 1. The van der Waals surface area contributed by atoms with Crippen LogP contribution in [0.1, 0.15) is 12.8 Å². The van der Waals surface area contributed by atoms with Crippen molar-refractivity contribution in [1.82, 2.24) is 24.7 Å². The summed E-state index contributed by atoms with van der Waals surface area (Å²) >= 11 is 0. The van der Waals surface area contributed by atoms with Crippen molar-refractivity contribution in [2.45, 2.75) is 25.1 Å². The van der Waals surface area contributed by atoms with E-state index in [-0.39, 0.29) is 29.7 Å². The summed E-state index contributed by atoms with van der Waals surface area (Å²) < 4.78 is 44.4. The van der Waals surface area contributed by atoms with Crippen molar-refractivity contribution in [3.63, 3.8) is 0 Å². The SMILES string of the molecule is O=C1CCCN1c1cn2c(-c3nc(N[C@H]4CNC[C@@H]4F)c(F)cc3F)cnc2cn1. The smallest absolute Gasteiger partial charge is 0.228 e. The number of rotatable bonds is 4. The molecule has 0 aliphatic carbocycles. The third kappa shape index (κ3) is 3.15. The van der Waals surface area contributed by atoms with Crippen molar-refractivity contribution in [3.8, 4) is 11.4 Å². The lowest BCUT2D eigenvalue weighted by Gasteiger charge is -2.17. The predicted molar refractivity (Wildman–Crippen MR) is 103 cm³/mol. The summed E-state index contributed by atoms with van der Waals surface area (Å²) in [6.45, 7) is 1.02. The zero-order valence-electron chi connectivity index (χ0n) is 15.8. The predicted octanol–water partition coefficient (Wildman–Crippen LogP) is 1.92. The lowest BCUT2D eigenvalue weighted by atomic mass is 10.2. The lowest BCUT2D eigenvalue weighted by Crippen LogP contribution is -2.30. The van der Waals surface area contributed by atoms with Gasteiger partial charge in [0.15, 0.2) is 28.9 Å². The van der Waals surface area contributed by atoms with Crippen LogP contribution in [0.4, 0.5) is 24.8 Å². The second-order valence-electron chi connectivity index (χ2n) is 7.34. The van der Waals surface area contributed by atoms with Crippen molar-refractivity contribution in [2.24, 2.45) is 0 Å². The molecule has 0 saturated carbocycles. The van der Waals surface area contributed by atoms with Gasteiger partial charge >= 0.3 is 0 Å². The number of amides is 1. The molecule has 5 rings (SSSR count). The van der Waals surface area contributed by atoms with Crippen molar-refractivity contribution >= 4 is 23.2 Å². The zero-order chi connectivity index (χ0) is 20.8. The van der Waals surface area contributed by atoms with E-state index >= 15 is 0 Å². The number of carbonyl (C=O) groups excluding carboxylic acids is 1. The quantitative estimate of drug-likeness (QED) is 0.675. The summed E-state index contributed by atoms with van der Waals surface area (Å²) in [7, 11) is 0. The molecule has 0 bridgehead atoms. The summed E-state index contributed by atoms with van der Waals surface area (Å²) in [5.74, 6) is -1.64. The topological polar surface area (TPSA) is 87.5 Å². The lowest BCUT2D eigenvalue weighted by molar-refractivity contribution is -0.117. The molecule has 2 N–H and O–H groups in total. The first-order valence-electron chi connectivity index (χ1n) is 9.62. The molecule has 5 heterocycles. The second-order valence-corrected chi connectivity index (χ2v) is 7.34. The van der Waals surface area contributed by atoms with E-state index in [1.54, 1.807) is 15.5 Å². The molecule has 2 atom stereocenters. The normalized spacial score (nSPS) is 21.7. The summed E-state index contributed by atoms with van der Waals surface area (Å²) in [5.41, 5.74) is 0.545. The van der Waals surface area contributed by atoms with Gasteiger partial charge < -0.3 is 10.6 Å². The summed E-state index contributed by atoms with van der Waals surface area (Å²) in [4.78, 5) is 26.1. The summed E-state index contributed by atoms with van der Waals surface area (Å²) in [6, 6.07) is 0.0515. The van der Waals surface area contributed by atoms with Crippen LogP contribution in [0.15, 0.2) is 24.7 Å². The van der Waals surface area contributed by atoms with Gasteiger partial charge in [0.05, 0.1) is 30.3 Å². The standard InChI is InChI=1S/C19H18F3N7O/c20-10-4-11(21)19(26-13-6-23-5-12(13)22)27-18(10)14-7-24-15-8-25-16(9-29(14)15)28-3-1-2-17(28)30/h4,7-9,12-13,23H,1-3,5-6H2,(H,26,27)/t12-,13-/m0/s1. The van der Waals surface area contributed by atoms with Crippen LogP contribution in [0.3, 0.4) is 0 Å². The monoisotopic (exact) mass is 417 g/mol. The number of nitrogens with one attached hydrogen (secondary N) is 2. The third-order valence-corrected chi connectivity index (χ3v) is 5.37. The van der Waals surface area contributed by atoms with Crippen LogP contribution in [-0.4, -0.2) is 57.1 Å². The highest BCUT2D eigenvalue weighted by Crippen LogP contribution is 2.28. The number of hydrogen-bond acceptors (Lipinski definition) is 6. The third-order valence-electron chi connectivity index (χ3n) is 5.37. The minimum absolute atomic E-state index is 0.0351. The Balaban J connectivity index is 1.56. The zero-order valence-corrected chi connectivity index (χ0v) is 15.8. The van der Waals surface area contributed by atoms with Crippen molar-refractivity contribution in [2.75, 3.05) is 29.9 Å². The minimum atomic E-state index is -1.21. The van der Waals surface area contributed by atoms with Crippen molar-refractivity contribution in [3.05, 3.63) is 36.3 Å². The minimum Gasteiger partial charge on any atom is -0.361 e. The van der Waals surface area contributed by atoms with E-state index in [2.05, 4.69) is 25.6 Å². The molecule has 1 amide bonds. The molecule has 2 fully saturated rings. The molecule has 2 aliphatic rings. The van der Waals surface area contributed by atoms with Crippen LogP contribution in [0, 0.1) is 11.6 Å². The molecular weight excluding hydrogens is 399 g/mol. The number of carbonyl (C=O) groups is 1. The number of fused-ring (bicyclic) bond motifs is 1. The molecule has 2 aliphatic heterocycles. The Morgan fingerprint density at radius 1 is 1.17 bits per heavy atom. The highest BCUT2D eigenvalue weighted by atomic mass is 19.1. The van der Waals surface area contributed by atoms with E-state index in [1.165, 1.54) is 12.4 Å². The molecule has 3 aromatic heterocycles. The number of hydrogen-bond donors (Lipinski definition) is 2. The van der Waals surface area contributed by atoms with Crippen LogP contribution < -0.4 is 15.5 Å². The van der Waals surface area contributed by atoms with E-state index in [4.69, 9.17) is 0 Å². The van der Waals surface area contributed by atoms with Gasteiger partial charge in [-0.2, -0.15) is 0 Å². The maximum Gasteiger partial charge on any atom is 0.228 e. The van der Waals surface area contributed by atoms with Crippen LogP contribution in [0.5, 0.6) is 0 Å². The fourth-order valence-electron chi connectivity index (χ4n) is 3.80. The maximum absolute atomic E-state index is 14.6. The number of pyridine rings is 1. The second kappa shape index (κ2) is 7.24. The molecule has 3 aromatic rings. The van der Waals surface area contributed by atoms with Crippen LogP contribution in [0.2, 0.25) is 0 Å². The largest absolute Gasteiger partial charge is 0.361 e. The van der Waals surface area contributed by atoms with Gasteiger partial charge in [0.1, 0.15) is 11.9 Å². The molecule has 30 heavy (non-hydrogen) atoms. The first-order valence-corrected chi connectivity index (χ1v) is 9.62. The van der Waals surface area contributed by atoms with Crippen LogP contribution in [-0.2, 0) is 4.79 Å². The Morgan fingerprint density at radius 2 is 2.03 bits per heavy atom. The molecule has 0 aromatic carbocycles. The van der Waals surface area contributed by atoms with Gasteiger partial charge in [-0.15, -0.1) is 0 Å². The Hall–Kier alpha value is -3.21. The van der Waals surface area contributed by atoms with Crippen LogP contribution >= 0.6 is 0 Å². The Bertz CT molecular complexity index is 1130. The van der Waals surface area contributed by atoms with Gasteiger partial charge in [0.2, 0.25) is 5.91 Å². The summed E-state index contributed by atoms with van der Waals surface area (Å²) in [6.07, 6.45) is 4.44. The Kier molecular flexibility index (Phi) is 4.54. The molecule has 2 saturated heterocycles. The highest BCUT2D eigenvalue weighted by Gasteiger charge is 2.29. The summed E-state index contributed by atoms with van der Waals surface area (Å²) in [5, 5.41) is 5.57. The first-order chi connectivity index (χ1) is 14.5. The van der Waals surface area contributed by atoms with Crippen molar-refractivity contribution in [1.29, 1.82) is 0 Å². The number of alkyl halides is 1. The fraction of sp³-hybridized carbons (Fsp3) is 0.368. The van der Waals surface area contributed by atoms with Gasteiger partial charge in [0, 0.05) is 32.1 Å². The van der Waals surface area contributed by atoms with E-state index in [0.717, 1.165) is 6.42 Å². The average molecular weight is 417 g/mol. The fourth-order valence-corrected chi connectivity index (χ4v) is 3.80. The van der Waals surface area contributed by atoms with E-state index < -0.39 is 23.8 Å². The number of nitrogens with zero attached hydrogens (tertiary/aromatic N) is 5. The Morgan fingerprint density at radius 3 is 2.77 bits per heavy atom. The highest BCUT2D eigenvalue weighted by molar-refractivity contribution is 5.94. The molecule has 156 valence electrons. The molecule has 11 heteroatoms. The Labute approximate surface area is 169 Å². The van der Waals surface area contributed by atoms with E-state index in [0.29, 0.717) is 37.0 Å². The molecule has 0 unspecified atom stereocenters. The van der Waals surface area contributed by atoms with Gasteiger partial charge in [-0.1, -0.05) is 0 Å².